The van der Waals surface area contributed by atoms with Crippen molar-refractivity contribution in [1.29, 1.82) is 0 Å². The van der Waals surface area contributed by atoms with E-state index in [9.17, 15) is 13.2 Å². The molecule has 0 aliphatic carbocycles. The van der Waals surface area contributed by atoms with Gasteiger partial charge in [0.25, 0.3) is 0 Å². The topological polar surface area (TPSA) is 12.0 Å². The molecule has 1 atom stereocenters. The molecule has 2 rings (SSSR count). The predicted octanol–water partition coefficient (Wildman–Crippen LogP) is 5.33. The van der Waals surface area contributed by atoms with Gasteiger partial charge in [-0.05, 0) is 68.2 Å². The van der Waals surface area contributed by atoms with Crippen LogP contribution >= 0.6 is 31.9 Å². The van der Waals surface area contributed by atoms with E-state index in [2.05, 4.69) is 37.2 Å². The molecule has 21 heavy (non-hydrogen) atoms. The van der Waals surface area contributed by atoms with Crippen molar-refractivity contribution < 1.29 is 13.2 Å². The fourth-order valence-corrected chi connectivity index (χ4v) is 2.83. The zero-order valence-electron chi connectivity index (χ0n) is 11.1. The van der Waals surface area contributed by atoms with Crippen LogP contribution < -0.4 is 5.32 Å². The van der Waals surface area contributed by atoms with E-state index in [1.165, 1.54) is 30.3 Å². The van der Waals surface area contributed by atoms with Gasteiger partial charge in [0.1, 0.15) is 17.5 Å². The summed E-state index contributed by atoms with van der Waals surface area (Å²) in [6, 6.07) is 6.10. The Labute approximate surface area is 137 Å². The summed E-state index contributed by atoms with van der Waals surface area (Å²) in [7, 11) is 0. The molecule has 0 saturated heterocycles. The first kappa shape index (κ1) is 16.5. The summed E-state index contributed by atoms with van der Waals surface area (Å²) < 4.78 is 42.2. The van der Waals surface area contributed by atoms with E-state index < -0.39 is 23.5 Å². The van der Waals surface area contributed by atoms with Crippen LogP contribution in [0.1, 0.15) is 24.1 Å². The Morgan fingerprint density at radius 3 is 2.29 bits per heavy atom. The second kappa shape index (κ2) is 6.94. The lowest BCUT2D eigenvalue weighted by molar-refractivity contribution is 0.506. The molecule has 0 radical (unpaired) electrons. The second-order valence-electron chi connectivity index (χ2n) is 4.42. The molecule has 0 fully saturated rings. The third-order valence-corrected chi connectivity index (χ3v) is 4.27. The third kappa shape index (κ3) is 3.49. The Morgan fingerprint density at radius 1 is 1.00 bits per heavy atom. The summed E-state index contributed by atoms with van der Waals surface area (Å²) in [6.07, 6.45) is 0. The van der Waals surface area contributed by atoms with Crippen molar-refractivity contribution in [1.82, 2.24) is 5.32 Å². The highest BCUT2D eigenvalue weighted by Gasteiger charge is 2.23. The molecule has 0 bridgehead atoms. The molecule has 0 saturated carbocycles. The van der Waals surface area contributed by atoms with Gasteiger partial charge in [-0.25, -0.2) is 13.2 Å². The van der Waals surface area contributed by atoms with Crippen molar-refractivity contribution in [2.45, 2.75) is 13.0 Å². The normalized spacial score (nSPS) is 12.5. The molecular weight excluding hydrogens is 411 g/mol. The van der Waals surface area contributed by atoms with Gasteiger partial charge in [0.2, 0.25) is 0 Å². The van der Waals surface area contributed by atoms with Crippen LogP contribution in [-0.4, -0.2) is 6.54 Å². The molecular formula is C15H12Br2F3N. The van der Waals surface area contributed by atoms with Crippen molar-refractivity contribution in [2.75, 3.05) is 6.54 Å². The highest BCUT2D eigenvalue weighted by Crippen LogP contribution is 2.32. The number of benzene rings is 2. The molecule has 112 valence electrons. The van der Waals surface area contributed by atoms with Gasteiger partial charge in [-0.1, -0.05) is 13.0 Å². The van der Waals surface area contributed by atoms with Crippen LogP contribution in [0.3, 0.4) is 0 Å². The largest absolute Gasteiger partial charge is 0.306 e. The first-order valence-electron chi connectivity index (χ1n) is 6.27. The lowest BCUT2D eigenvalue weighted by Crippen LogP contribution is -2.24. The van der Waals surface area contributed by atoms with Crippen molar-refractivity contribution in [3.63, 3.8) is 0 Å². The maximum atomic E-state index is 14.3. The van der Waals surface area contributed by atoms with Gasteiger partial charge < -0.3 is 5.32 Å². The molecule has 0 aliphatic rings. The van der Waals surface area contributed by atoms with Crippen molar-refractivity contribution in [3.8, 4) is 0 Å². The van der Waals surface area contributed by atoms with Gasteiger partial charge in [-0.3, -0.25) is 0 Å². The van der Waals surface area contributed by atoms with Crippen molar-refractivity contribution in [2.24, 2.45) is 0 Å². The van der Waals surface area contributed by atoms with E-state index in [0.717, 1.165) is 0 Å². The molecule has 0 aliphatic heterocycles. The van der Waals surface area contributed by atoms with E-state index >= 15 is 0 Å². The predicted molar refractivity (Wildman–Crippen MR) is 83.7 cm³/mol. The fourth-order valence-electron chi connectivity index (χ4n) is 2.09. The number of hydrogen-bond acceptors (Lipinski definition) is 1. The van der Waals surface area contributed by atoms with Crippen molar-refractivity contribution >= 4 is 31.9 Å². The van der Waals surface area contributed by atoms with Crippen LogP contribution in [0.5, 0.6) is 0 Å². The molecule has 1 N–H and O–H groups in total. The number of rotatable bonds is 4. The van der Waals surface area contributed by atoms with Crippen LogP contribution in [0.25, 0.3) is 0 Å². The van der Waals surface area contributed by atoms with E-state index in [0.29, 0.717) is 12.1 Å². The lowest BCUT2D eigenvalue weighted by Gasteiger charge is -2.21. The standard InChI is InChI=1S/C15H12Br2F3N/c1-2-21-15(8-3-5-11(18)10(17)7-8)13-12(19)6-4-9(16)14(13)20/h3-7,15,21H,2H2,1H3. The number of hydrogen-bond donors (Lipinski definition) is 1. The molecule has 0 amide bonds. The first-order valence-corrected chi connectivity index (χ1v) is 7.86. The minimum absolute atomic E-state index is 0.0928. The Hall–Kier alpha value is -0.850. The van der Waals surface area contributed by atoms with E-state index in [4.69, 9.17) is 0 Å². The molecule has 2 aromatic carbocycles. The zero-order chi connectivity index (χ0) is 15.6. The van der Waals surface area contributed by atoms with Gasteiger partial charge in [0, 0.05) is 5.56 Å². The highest BCUT2D eigenvalue weighted by atomic mass is 79.9. The molecule has 0 spiro atoms. The van der Waals surface area contributed by atoms with Crippen LogP contribution in [0.2, 0.25) is 0 Å². The minimum atomic E-state index is -0.704. The molecule has 0 aromatic heterocycles. The average Bonchev–Trinajstić information content (AvgIpc) is 2.45. The summed E-state index contributed by atoms with van der Waals surface area (Å²) in [6.45, 7) is 2.34. The summed E-state index contributed by atoms with van der Waals surface area (Å²) in [5, 5.41) is 3.03. The molecule has 1 unspecified atom stereocenters. The van der Waals surface area contributed by atoms with E-state index in [1.54, 1.807) is 0 Å². The summed E-state index contributed by atoms with van der Waals surface area (Å²) >= 11 is 6.15. The average molecular weight is 423 g/mol. The monoisotopic (exact) mass is 421 g/mol. The third-order valence-electron chi connectivity index (χ3n) is 3.05. The SMILES string of the molecule is CCNC(c1ccc(F)c(Br)c1)c1c(F)ccc(Br)c1F. The Balaban J connectivity index is 2.58. The van der Waals surface area contributed by atoms with Gasteiger partial charge in [0.15, 0.2) is 0 Å². The summed E-state index contributed by atoms with van der Waals surface area (Å²) in [5.74, 6) is -1.74. The Kier molecular flexibility index (Phi) is 5.46. The second-order valence-corrected chi connectivity index (χ2v) is 6.13. The first-order chi connectivity index (χ1) is 9.95. The molecule has 6 heteroatoms. The van der Waals surface area contributed by atoms with Gasteiger partial charge in [0.05, 0.1) is 15.0 Å². The van der Waals surface area contributed by atoms with E-state index in [-0.39, 0.29) is 14.5 Å². The number of halogens is 5. The Morgan fingerprint density at radius 2 is 1.67 bits per heavy atom. The smallest absolute Gasteiger partial charge is 0.145 e. The van der Waals surface area contributed by atoms with Gasteiger partial charge in [-0.2, -0.15) is 0 Å². The van der Waals surface area contributed by atoms with Crippen molar-refractivity contribution in [3.05, 3.63) is 67.9 Å². The maximum absolute atomic E-state index is 14.3. The van der Waals surface area contributed by atoms with Crippen LogP contribution in [0, 0.1) is 17.5 Å². The van der Waals surface area contributed by atoms with Gasteiger partial charge in [-0.15, -0.1) is 0 Å². The zero-order valence-corrected chi connectivity index (χ0v) is 14.2. The number of nitrogens with one attached hydrogen (secondary N) is 1. The summed E-state index contributed by atoms with van der Waals surface area (Å²) in [5.41, 5.74) is 0.478. The van der Waals surface area contributed by atoms with E-state index in [1.807, 2.05) is 6.92 Å². The Bertz CT molecular complexity index is 662. The lowest BCUT2D eigenvalue weighted by atomic mass is 9.97. The quantitative estimate of drug-likeness (QED) is 0.656. The molecule has 1 nitrogen and oxygen atoms in total. The molecule has 2 aromatic rings. The maximum Gasteiger partial charge on any atom is 0.145 e. The van der Waals surface area contributed by atoms with Gasteiger partial charge >= 0.3 is 0 Å². The summed E-state index contributed by atoms with van der Waals surface area (Å²) in [4.78, 5) is 0. The highest BCUT2D eigenvalue weighted by molar-refractivity contribution is 9.10. The van der Waals surface area contributed by atoms with Crippen LogP contribution in [0.4, 0.5) is 13.2 Å². The van der Waals surface area contributed by atoms with Crippen LogP contribution in [-0.2, 0) is 0 Å². The molecule has 0 heterocycles. The van der Waals surface area contributed by atoms with Crippen LogP contribution in [0.15, 0.2) is 39.3 Å². The minimum Gasteiger partial charge on any atom is -0.306 e. The fraction of sp³-hybridized carbons (Fsp3) is 0.200.